The second-order valence-electron chi connectivity index (χ2n) is 4.54. The molecule has 0 unspecified atom stereocenters. The number of nitrogens with zero attached hydrogens (tertiary/aromatic N) is 1. The maximum atomic E-state index is 12.0. The third-order valence-electron chi connectivity index (χ3n) is 2.99. The molecule has 1 aromatic heterocycles. The van der Waals surface area contributed by atoms with Gasteiger partial charge in [0.2, 0.25) is 0 Å². The van der Waals surface area contributed by atoms with Gasteiger partial charge in [-0.05, 0) is 32.4 Å². The highest BCUT2D eigenvalue weighted by atomic mass is 79.9. The molecule has 0 saturated heterocycles. The molecule has 0 spiro atoms. The van der Waals surface area contributed by atoms with Gasteiger partial charge in [-0.25, -0.2) is 4.79 Å². The van der Waals surface area contributed by atoms with E-state index in [4.69, 9.17) is 4.52 Å². The third kappa shape index (κ3) is 3.19. The second kappa shape index (κ2) is 6.09. The van der Waals surface area contributed by atoms with Gasteiger partial charge in [-0.3, -0.25) is 0 Å². The number of amides is 2. The van der Waals surface area contributed by atoms with E-state index in [1.807, 2.05) is 31.2 Å². The van der Waals surface area contributed by atoms with Gasteiger partial charge in [-0.2, -0.15) is 0 Å². The number of nitrogens with one attached hydrogen (secondary N) is 2. The minimum absolute atomic E-state index is 0.119. The van der Waals surface area contributed by atoms with Crippen LogP contribution in [-0.2, 0) is 0 Å². The van der Waals surface area contributed by atoms with Crippen molar-refractivity contribution < 1.29 is 9.32 Å². The molecule has 2 aromatic rings. The molecule has 0 aliphatic rings. The maximum absolute atomic E-state index is 12.0. The Morgan fingerprint density at radius 2 is 2.05 bits per heavy atom. The summed E-state index contributed by atoms with van der Waals surface area (Å²) in [7, 11) is 0. The number of benzene rings is 1. The van der Waals surface area contributed by atoms with Crippen molar-refractivity contribution in [2.75, 3.05) is 5.32 Å². The van der Waals surface area contributed by atoms with E-state index in [0.29, 0.717) is 17.1 Å². The Balaban J connectivity index is 2.04. The number of halogens is 1. The molecule has 2 N–H and O–H groups in total. The summed E-state index contributed by atoms with van der Waals surface area (Å²) in [6.07, 6.45) is 0. The summed E-state index contributed by atoms with van der Waals surface area (Å²) in [6.45, 7) is 5.46. The van der Waals surface area contributed by atoms with E-state index in [2.05, 4.69) is 31.7 Å². The van der Waals surface area contributed by atoms with Gasteiger partial charge in [0.05, 0.1) is 6.04 Å². The average Bonchev–Trinajstić information content (AvgIpc) is 2.71. The summed E-state index contributed by atoms with van der Waals surface area (Å²) >= 11 is 3.47. The topological polar surface area (TPSA) is 67.2 Å². The van der Waals surface area contributed by atoms with Crippen LogP contribution in [0.3, 0.4) is 0 Å². The highest BCUT2D eigenvalue weighted by molar-refractivity contribution is 9.10. The monoisotopic (exact) mass is 337 g/mol. The number of aromatic nitrogens is 1. The summed E-state index contributed by atoms with van der Waals surface area (Å²) in [6, 6.07) is 7.37. The van der Waals surface area contributed by atoms with Crippen molar-refractivity contribution >= 4 is 27.6 Å². The number of anilines is 1. The van der Waals surface area contributed by atoms with Gasteiger partial charge in [-0.15, -0.1) is 0 Å². The molecular weight excluding hydrogens is 322 g/mol. The molecule has 106 valence electrons. The summed E-state index contributed by atoms with van der Waals surface area (Å²) in [5.74, 6) is 0.589. The number of carbonyl (C=O) groups is 1. The zero-order chi connectivity index (χ0) is 14.7. The number of carbonyl (C=O) groups excluding carboxylic acids is 1. The van der Waals surface area contributed by atoms with Crippen LogP contribution in [0.15, 0.2) is 33.3 Å². The van der Waals surface area contributed by atoms with Crippen LogP contribution < -0.4 is 10.6 Å². The Labute approximate surface area is 125 Å². The fourth-order valence-electron chi connectivity index (χ4n) is 1.91. The highest BCUT2D eigenvalue weighted by Crippen LogP contribution is 2.23. The summed E-state index contributed by atoms with van der Waals surface area (Å²) in [5, 5.41) is 9.43. The Morgan fingerprint density at radius 1 is 1.35 bits per heavy atom. The van der Waals surface area contributed by atoms with Gasteiger partial charge in [0, 0.05) is 4.47 Å². The first-order valence-corrected chi connectivity index (χ1v) is 7.03. The molecule has 0 aliphatic carbocycles. The Kier molecular flexibility index (Phi) is 4.44. The number of hydrogen-bond donors (Lipinski definition) is 2. The van der Waals surface area contributed by atoms with E-state index < -0.39 is 0 Å². The van der Waals surface area contributed by atoms with E-state index in [9.17, 15) is 4.79 Å². The van der Waals surface area contributed by atoms with Gasteiger partial charge in [0.1, 0.15) is 11.4 Å². The minimum atomic E-state index is -0.289. The molecule has 20 heavy (non-hydrogen) atoms. The smallest absolute Gasteiger partial charge is 0.319 e. The average molecular weight is 338 g/mol. The summed E-state index contributed by atoms with van der Waals surface area (Å²) in [4.78, 5) is 12.0. The number of aryl methyl sites for hydroxylation is 2. The first-order valence-electron chi connectivity index (χ1n) is 6.24. The Hall–Kier alpha value is -1.82. The molecule has 0 saturated carbocycles. The van der Waals surface area contributed by atoms with Crippen LogP contribution in [0.5, 0.6) is 0 Å². The van der Waals surface area contributed by atoms with Gasteiger partial charge in [-0.1, -0.05) is 39.3 Å². The van der Waals surface area contributed by atoms with E-state index in [1.54, 1.807) is 13.8 Å². The molecule has 5 nitrogen and oxygen atoms in total. The van der Waals surface area contributed by atoms with Crippen molar-refractivity contribution in [1.82, 2.24) is 10.5 Å². The molecule has 0 radical (unpaired) electrons. The van der Waals surface area contributed by atoms with E-state index in [1.165, 1.54) is 0 Å². The van der Waals surface area contributed by atoms with Gasteiger partial charge < -0.3 is 15.2 Å². The highest BCUT2D eigenvalue weighted by Gasteiger charge is 2.15. The first-order chi connectivity index (χ1) is 9.49. The molecule has 0 fully saturated rings. The third-order valence-corrected chi connectivity index (χ3v) is 3.71. The van der Waals surface area contributed by atoms with Crippen LogP contribution >= 0.6 is 15.9 Å². The Bertz CT molecular complexity index is 605. The zero-order valence-electron chi connectivity index (χ0n) is 11.5. The molecule has 2 amide bonds. The van der Waals surface area contributed by atoms with Crippen LogP contribution in [0, 0.1) is 13.8 Å². The molecule has 0 aliphatic heterocycles. The lowest BCUT2D eigenvalue weighted by Crippen LogP contribution is -2.31. The predicted molar refractivity (Wildman–Crippen MR) is 80.7 cm³/mol. The normalized spacial score (nSPS) is 12.0. The van der Waals surface area contributed by atoms with Crippen LogP contribution in [0.2, 0.25) is 0 Å². The summed E-state index contributed by atoms with van der Waals surface area (Å²) < 4.78 is 5.97. The number of rotatable bonds is 3. The van der Waals surface area contributed by atoms with Crippen LogP contribution in [0.1, 0.15) is 30.0 Å². The molecular formula is C14H16BrN3O2. The van der Waals surface area contributed by atoms with Crippen molar-refractivity contribution in [3.05, 3.63) is 45.8 Å². The van der Waals surface area contributed by atoms with Gasteiger partial charge >= 0.3 is 6.03 Å². The van der Waals surface area contributed by atoms with Gasteiger partial charge in [0.25, 0.3) is 0 Å². The lowest BCUT2D eigenvalue weighted by molar-refractivity contribution is 0.249. The quantitative estimate of drug-likeness (QED) is 0.891. The number of urea groups is 1. The van der Waals surface area contributed by atoms with Crippen molar-refractivity contribution in [3.8, 4) is 0 Å². The van der Waals surface area contributed by atoms with Crippen molar-refractivity contribution in [1.29, 1.82) is 0 Å². The van der Waals surface area contributed by atoms with Crippen LogP contribution in [0.4, 0.5) is 10.5 Å². The molecule has 1 heterocycles. The van der Waals surface area contributed by atoms with E-state index in [-0.39, 0.29) is 12.1 Å². The predicted octanol–water partition coefficient (Wildman–Crippen LogP) is 3.94. The SMILES string of the molecule is Cc1noc(C)c1NC(=O)N[C@@H](C)c1ccccc1Br. The second-order valence-corrected chi connectivity index (χ2v) is 5.40. The van der Waals surface area contributed by atoms with Crippen LogP contribution in [-0.4, -0.2) is 11.2 Å². The van der Waals surface area contributed by atoms with Crippen LogP contribution in [0.25, 0.3) is 0 Å². The molecule has 6 heteroatoms. The van der Waals surface area contributed by atoms with Gasteiger partial charge in [0.15, 0.2) is 5.76 Å². The van der Waals surface area contributed by atoms with E-state index >= 15 is 0 Å². The van der Waals surface area contributed by atoms with Crippen molar-refractivity contribution in [2.24, 2.45) is 0 Å². The fourth-order valence-corrected chi connectivity index (χ4v) is 2.54. The molecule has 0 bridgehead atoms. The minimum Gasteiger partial charge on any atom is -0.359 e. The van der Waals surface area contributed by atoms with Crippen molar-refractivity contribution in [2.45, 2.75) is 26.8 Å². The summed E-state index contributed by atoms with van der Waals surface area (Å²) in [5.41, 5.74) is 2.29. The fraction of sp³-hybridized carbons (Fsp3) is 0.286. The maximum Gasteiger partial charge on any atom is 0.319 e. The molecule has 2 rings (SSSR count). The van der Waals surface area contributed by atoms with Crippen molar-refractivity contribution in [3.63, 3.8) is 0 Å². The lowest BCUT2D eigenvalue weighted by Gasteiger charge is -2.16. The lowest BCUT2D eigenvalue weighted by atomic mass is 10.1. The zero-order valence-corrected chi connectivity index (χ0v) is 13.1. The largest absolute Gasteiger partial charge is 0.359 e. The molecule has 1 atom stereocenters. The Morgan fingerprint density at radius 3 is 2.65 bits per heavy atom. The first kappa shape index (κ1) is 14.6. The standard InChI is InChI=1S/C14H16BrN3O2/c1-8(11-6-4-5-7-12(11)15)16-14(19)17-13-9(2)18-20-10(13)3/h4-8H,1-3H3,(H2,16,17,19)/t8-/m0/s1. The molecule has 1 aromatic carbocycles. The number of hydrogen-bond acceptors (Lipinski definition) is 3. The van der Waals surface area contributed by atoms with E-state index in [0.717, 1.165) is 10.0 Å².